The summed E-state index contributed by atoms with van der Waals surface area (Å²) in [6.07, 6.45) is 0.773. The number of fused-ring (bicyclic) bond motifs is 1. The van der Waals surface area contributed by atoms with E-state index in [-0.39, 0.29) is 17.6 Å². The molecule has 0 aliphatic carbocycles. The van der Waals surface area contributed by atoms with Crippen LogP contribution in [-0.2, 0) is 11.2 Å². The van der Waals surface area contributed by atoms with Gasteiger partial charge in [0.25, 0.3) is 5.91 Å². The molecule has 0 radical (unpaired) electrons. The van der Waals surface area contributed by atoms with Gasteiger partial charge in [0.1, 0.15) is 5.75 Å². The standard InChI is InChI=1S/C27H27N3O2S2/c1-17(2)21-13-8-18(3)14-23(21)32-16-25(31)30-27(33)28-20-11-9-19(10-12-20)15-26-29-22-6-4-5-7-24(22)34-26/h4-14,17H,15-16H2,1-3H3,(H2,28,30,31,33). The van der Waals surface area contributed by atoms with E-state index in [0.717, 1.165) is 45.1 Å². The number of carbonyl (C=O) groups is 1. The number of nitrogens with one attached hydrogen (secondary N) is 2. The first kappa shape index (κ1) is 23.9. The number of ether oxygens (including phenoxy) is 1. The number of rotatable bonds is 7. The van der Waals surface area contributed by atoms with E-state index >= 15 is 0 Å². The summed E-state index contributed by atoms with van der Waals surface area (Å²) in [6.45, 7) is 6.09. The van der Waals surface area contributed by atoms with E-state index < -0.39 is 0 Å². The second-order valence-corrected chi connectivity index (χ2v) is 9.96. The molecular weight excluding hydrogens is 462 g/mol. The van der Waals surface area contributed by atoms with Gasteiger partial charge in [-0.15, -0.1) is 11.3 Å². The molecule has 4 aromatic rings. The third-order valence-electron chi connectivity index (χ3n) is 5.31. The molecule has 0 unspecified atom stereocenters. The number of para-hydroxylation sites is 1. The Balaban J connectivity index is 1.28. The van der Waals surface area contributed by atoms with Crippen molar-refractivity contribution in [1.29, 1.82) is 0 Å². The van der Waals surface area contributed by atoms with Crippen LogP contribution in [0.3, 0.4) is 0 Å². The second kappa shape index (κ2) is 10.8. The highest BCUT2D eigenvalue weighted by Crippen LogP contribution is 2.27. The van der Waals surface area contributed by atoms with Crippen molar-refractivity contribution in [2.75, 3.05) is 11.9 Å². The lowest BCUT2D eigenvalue weighted by Gasteiger charge is -2.15. The van der Waals surface area contributed by atoms with E-state index in [0.29, 0.717) is 5.92 Å². The van der Waals surface area contributed by atoms with Gasteiger partial charge in [-0.3, -0.25) is 10.1 Å². The maximum atomic E-state index is 12.3. The Morgan fingerprint density at radius 2 is 1.85 bits per heavy atom. The van der Waals surface area contributed by atoms with Gasteiger partial charge in [0.05, 0.1) is 15.2 Å². The summed E-state index contributed by atoms with van der Waals surface area (Å²) >= 11 is 7.01. The monoisotopic (exact) mass is 489 g/mol. The Morgan fingerprint density at radius 3 is 2.59 bits per heavy atom. The van der Waals surface area contributed by atoms with Crippen LogP contribution in [0, 0.1) is 6.92 Å². The van der Waals surface area contributed by atoms with Gasteiger partial charge in [0, 0.05) is 12.1 Å². The van der Waals surface area contributed by atoms with Gasteiger partial charge in [-0.25, -0.2) is 4.98 Å². The summed E-state index contributed by atoms with van der Waals surface area (Å²) in [6, 6.07) is 22.2. The van der Waals surface area contributed by atoms with Crippen LogP contribution in [0.25, 0.3) is 10.2 Å². The Bertz CT molecular complexity index is 1280. The lowest BCUT2D eigenvalue weighted by Crippen LogP contribution is -2.37. The first-order valence-electron chi connectivity index (χ1n) is 11.1. The van der Waals surface area contributed by atoms with Gasteiger partial charge in [-0.2, -0.15) is 0 Å². The minimum Gasteiger partial charge on any atom is -0.483 e. The molecule has 2 N–H and O–H groups in total. The summed E-state index contributed by atoms with van der Waals surface area (Å²) < 4.78 is 6.98. The number of amides is 1. The predicted octanol–water partition coefficient (Wildman–Crippen LogP) is 6.21. The average molecular weight is 490 g/mol. The molecule has 0 saturated carbocycles. The number of anilines is 1. The Morgan fingerprint density at radius 1 is 1.09 bits per heavy atom. The van der Waals surface area contributed by atoms with Crippen LogP contribution < -0.4 is 15.4 Å². The third-order valence-corrected chi connectivity index (χ3v) is 6.55. The Labute approximate surface area is 209 Å². The van der Waals surface area contributed by atoms with Crippen LogP contribution in [0.4, 0.5) is 5.69 Å². The Hall–Kier alpha value is -3.29. The van der Waals surface area contributed by atoms with Gasteiger partial charge in [-0.05, 0) is 72.1 Å². The number of carbonyl (C=O) groups excluding carboxylic acids is 1. The molecule has 7 heteroatoms. The van der Waals surface area contributed by atoms with Crippen LogP contribution in [-0.4, -0.2) is 22.6 Å². The van der Waals surface area contributed by atoms with Crippen molar-refractivity contribution in [3.05, 3.63) is 88.4 Å². The number of thiocarbonyl (C=S) groups is 1. The zero-order chi connectivity index (χ0) is 24.1. The molecule has 0 spiro atoms. The van der Waals surface area contributed by atoms with Gasteiger partial charge in [0.15, 0.2) is 11.7 Å². The number of benzene rings is 3. The maximum absolute atomic E-state index is 12.3. The van der Waals surface area contributed by atoms with Crippen molar-refractivity contribution in [3.63, 3.8) is 0 Å². The fourth-order valence-electron chi connectivity index (χ4n) is 3.59. The lowest BCUT2D eigenvalue weighted by molar-refractivity contribution is -0.121. The average Bonchev–Trinajstić information content (AvgIpc) is 3.21. The van der Waals surface area contributed by atoms with Crippen LogP contribution in [0.1, 0.15) is 41.5 Å². The Kier molecular flexibility index (Phi) is 7.55. The number of aryl methyl sites for hydroxylation is 1. The molecule has 0 aliphatic heterocycles. The molecule has 0 fully saturated rings. The van der Waals surface area contributed by atoms with Crippen LogP contribution in [0.15, 0.2) is 66.7 Å². The SMILES string of the molecule is Cc1ccc(C(C)C)c(OCC(=O)NC(=S)Nc2ccc(Cc3nc4ccccc4s3)cc2)c1. The first-order chi connectivity index (χ1) is 16.4. The summed E-state index contributed by atoms with van der Waals surface area (Å²) in [5.74, 6) is 0.730. The highest BCUT2D eigenvalue weighted by molar-refractivity contribution is 7.80. The molecule has 1 heterocycles. The molecule has 1 aromatic heterocycles. The highest BCUT2D eigenvalue weighted by atomic mass is 32.1. The van der Waals surface area contributed by atoms with Gasteiger partial charge in [0.2, 0.25) is 0 Å². The third kappa shape index (κ3) is 6.18. The number of thiazole rings is 1. The molecule has 0 atom stereocenters. The van der Waals surface area contributed by atoms with Gasteiger partial charge in [-0.1, -0.05) is 50.2 Å². The molecule has 0 saturated heterocycles. The molecule has 5 nitrogen and oxygen atoms in total. The van der Waals surface area contributed by atoms with Crippen molar-refractivity contribution < 1.29 is 9.53 Å². The largest absolute Gasteiger partial charge is 0.483 e. The van der Waals surface area contributed by atoms with E-state index in [4.69, 9.17) is 21.9 Å². The zero-order valence-electron chi connectivity index (χ0n) is 19.4. The van der Waals surface area contributed by atoms with E-state index in [2.05, 4.69) is 30.5 Å². The topological polar surface area (TPSA) is 63.2 Å². The number of hydrogen-bond donors (Lipinski definition) is 2. The fourth-order valence-corrected chi connectivity index (χ4v) is 4.82. The quantitative estimate of drug-likeness (QED) is 0.302. The molecule has 0 aliphatic rings. The van der Waals surface area contributed by atoms with Crippen LogP contribution in [0.2, 0.25) is 0 Å². The summed E-state index contributed by atoms with van der Waals surface area (Å²) in [4.78, 5) is 17.0. The van der Waals surface area contributed by atoms with Gasteiger partial charge >= 0.3 is 0 Å². The number of aromatic nitrogens is 1. The van der Waals surface area contributed by atoms with E-state index in [1.165, 1.54) is 4.70 Å². The normalized spacial score (nSPS) is 10.9. The van der Waals surface area contributed by atoms with Crippen molar-refractivity contribution >= 4 is 50.5 Å². The van der Waals surface area contributed by atoms with E-state index in [1.807, 2.05) is 67.6 Å². The maximum Gasteiger partial charge on any atom is 0.264 e. The zero-order valence-corrected chi connectivity index (χ0v) is 21.1. The molecule has 174 valence electrons. The first-order valence-corrected chi connectivity index (χ1v) is 12.4. The van der Waals surface area contributed by atoms with Crippen molar-refractivity contribution in [3.8, 4) is 5.75 Å². The number of hydrogen-bond acceptors (Lipinski definition) is 5. The van der Waals surface area contributed by atoms with Crippen LogP contribution in [0.5, 0.6) is 5.75 Å². The molecule has 34 heavy (non-hydrogen) atoms. The molecule has 4 rings (SSSR count). The molecular formula is C27H27N3O2S2. The smallest absolute Gasteiger partial charge is 0.264 e. The van der Waals surface area contributed by atoms with Crippen LogP contribution >= 0.6 is 23.6 Å². The fraction of sp³-hybridized carbons (Fsp3) is 0.222. The van der Waals surface area contributed by atoms with Crippen molar-refractivity contribution in [2.45, 2.75) is 33.1 Å². The molecule has 1 amide bonds. The van der Waals surface area contributed by atoms with E-state index in [9.17, 15) is 4.79 Å². The minimum atomic E-state index is -0.304. The second-order valence-electron chi connectivity index (χ2n) is 8.44. The summed E-state index contributed by atoms with van der Waals surface area (Å²) in [5, 5.41) is 7.05. The van der Waals surface area contributed by atoms with Gasteiger partial charge < -0.3 is 10.1 Å². The summed E-state index contributed by atoms with van der Waals surface area (Å²) in [5.41, 5.74) is 5.16. The predicted molar refractivity (Wildman–Crippen MR) is 144 cm³/mol. The van der Waals surface area contributed by atoms with Crippen molar-refractivity contribution in [1.82, 2.24) is 10.3 Å². The van der Waals surface area contributed by atoms with E-state index in [1.54, 1.807) is 11.3 Å². The summed E-state index contributed by atoms with van der Waals surface area (Å²) in [7, 11) is 0. The molecule has 0 bridgehead atoms. The number of nitrogens with zero attached hydrogens (tertiary/aromatic N) is 1. The minimum absolute atomic E-state index is 0.105. The highest BCUT2D eigenvalue weighted by Gasteiger charge is 2.11. The van der Waals surface area contributed by atoms with Crippen molar-refractivity contribution in [2.24, 2.45) is 0 Å². The molecule has 3 aromatic carbocycles. The lowest BCUT2D eigenvalue weighted by atomic mass is 10.0.